The summed E-state index contributed by atoms with van der Waals surface area (Å²) in [4.78, 5) is 40.4. The lowest BCUT2D eigenvalue weighted by Gasteiger charge is -2.23. The molecule has 0 spiro atoms. The maximum Gasteiger partial charge on any atom is 0.326 e. The number of carboxylic acid groups (broad SMARTS) is 1. The van der Waals surface area contributed by atoms with Gasteiger partial charge in [0.05, 0.1) is 6.04 Å². The van der Waals surface area contributed by atoms with Crippen LogP contribution in [0.4, 0.5) is 4.39 Å². The number of aromatic nitrogens is 1. The van der Waals surface area contributed by atoms with Gasteiger partial charge in [-0.3, -0.25) is 9.59 Å². The van der Waals surface area contributed by atoms with Crippen LogP contribution in [-0.4, -0.2) is 59.1 Å². The van der Waals surface area contributed by atoms with E-state index in [1.807, 2.05) is 0 Å². The molecule has 0 aliphatic heterocycles. The average molecular weight is 479 g/mol. The Morgan fingerprint density at radius 1 is 0.971 bits per heavy atom. The first kappa shape index (κ1) is 27.2. The minimum atomic E-state index is -1.18. The maximum atomic E-state index is 13.8. The number of carboxylic acids is 1. The lowest BCUT2D eigenvalue weighted by molar-refractivity contribution is -0.142. The lowest BCUT2D eigenvalue weighted by Crippen LogP contribution is -2.55. The van der Waals surface area contributed by atoms with Gasteiger partial charge in [0.1, 0.15) is 17.9 Å². The number of hydrogen-bond donors (Lipinski definition) is 7. The predicted molar refractivity (Wildman–Crippen MR) is 127 cm³/mol. The van der Waals surface area contributed by atoms with Gasteiger partial charge < -0.3 is 37.9 Å². The van der Waals surface area contributed by atoms with Gasteiger partial charge in [0.25, 0.3) is 0 Å². The molecule has 10 nitrogen and oxygen atoms in total. The Morgan fingerprint density at radius 2 is 1.62 bits per heavy atom. The molecule has 2 aromatic rings. The Hall–Kier alpha value is -3.02. The number of nitrogens with one attached hydrogen (secondary N) is 3. The van der Waals surface area contributed by atoms with Crippen molar-refractivity contribution in [2.75, 3.05) is 13.1 Å². The molecule has 0 aliphatic carbocycles. The van der Waals surface area contributed by atoms with Crippen LogP contribution in [0.25, 0.3) is 10.9 Å². The molecule has 10 N–H and O–H groups in total. The maximum absolute atomic E-state index is 13.8. The van der Waals surface area contributed by atoms with Crippen molar-refractivity contribution in [3.8, 4) is 0 Å². The molecule has 0 aliphatic rings. The largest absolute Gasteiger partial charge is 0.480 e. The zero-order valence-corrected chi connectivity index (χ0v) is 19.2. The molecule has 0 bridgehead atoms. The first-order valence-corrected chi connectivity index (χ1v) is 11.5. The molecule has 188 valence electrons. The fourth-order valence-corrected chi connectivity index (χ4v) is 3.69. The van der Waals surface area contributed by atoms with Crippen LogP contribution >= 0.6 is 0 Å². The third-order valence-corrected chi connectivity index (χ3v) is 5.65. The number of H-pyrrole nitrogens is 1. The normalized spacial score (nSPS) is 13.9. The van der Waals surface area contributed by atoms with Crippen LogP contribution in [0.3, 0.4) is 0 Å². The minimum Gasteiger partial charge on any atom is -0.480 e. The molecule has 34 heavy (non-hydrogen) atoms. The van der Waals surface area contributed by atoms with E-state index in [0.29, 0.717) is 55.2 Å². The van der Waals surface area contributed by atoms with Crippen LogP contribution in [0.2, 0.25) is 0 Å². The summed E-state index contributed by atoms with van der Waals surface area (Å²) in [5.41, 5.74) is 18.2. The van der Waals surface area contributed by atoms with Gasteiger partial charge in [-0.1, -0.05) is 6.42 Å². The van der Waals surface area contributed by atoms with Crippen LogP contribution in [0, 0.1) is 5.82 Å². The predicted octanol–water partition coefficient (Wildman–Crippen LogP) is 0.489. The Morgan fingerprint density at radius 3 is 2.26 bits per heavy atom. The van der Waals surface area contributed by atoms with Crippen LogP contribution < -0.4 is 27.8 Å². The second-order valence-corrected chi connectivity index (χ2v) is 8.34. The molecule has 3 atom stereocenters. The summed E-state index contributed by atoms with van der Waals surface area (Å²) in [6.45, 7) is 0.898. The number of hydrogen-bond acceptors (Lipinski definition) is 6. The molecular weight excluding hydrogens is 443 g/mol. The topological polar surface area (TPSA) is 189 Å². The molecule has 0 fully saturated rings. The summed E-state index contributed by atoms with van der Waals surface area (Å²) < 4.78 is 13.8. The fraction of sp³-hybridized carbons (Fsp3) is 0.522. The molecule has 0 saturated heterocycles. The highest BCUT2D eigenvalue weighted by Gasteiger charge is 2.28. The number of fused-ring (bicyclic) bond motifs is 1. The first-order valence-electron chi connectivity index (χ1n) is 11.5. The smallest absolute Gasteiger partial charge is 0.326 e. The van der Waals surface area contributed by atoms with E-state index in [4.69, 9.17) is 17.2 Å². The highest BCUT2D eigenvalue weighted by molar-refractivity contribution is 5.93. The van der Waals surface area contributed by atoms with E-state index in [1.165, 1.54) is 12.1 Å². The number of halogens is 1. The molecule has 2 rings (SSSR count). The van der Waals surface area contributed by atoms with Crippen LogP contribution in [0.15, 0.2) is 24.4 Å². The molecule has 1 aromatic heterocycles. The minimum absolute atomic E-state index is 0.0195. The van der Waals surface area contributed by atoms with Crippen molar-refractivity contribution in [2.24, 2.45) is 17.2 Å². The fourth-order valence-electron chi connectivity index (χ4n) is 3.69. The zero-order valence-electron chi connectivity index (χ0n) is 19.2. The van der Waals surface area contributed by atoms with Crippen molar-refractivity contribution >= 4 is 28.7 Å². The quantitative estimate of drug-likeness (QED) is 0.181. The summed E-state index contributed by atoms with van der Waals surface area (Å²) in [6.07, 6.45) is 4.78. The Bertz CT molecular complexity index is 966. The van der Waals surface area contributed by atoms with Gasteiger partial charge in [0.15, 0.2) is 0 Å². The number of carbonyl (C=O) groups is 3. The zero-order chi connectivity index (χ0) is 25.1. The molecule has 1 heterocycles. The average Bonchev–Trinajstić information content (AvgIpc) is 3.19. The molecule has 11 heteroatoms. The summed E-state index contributed by atoms with van der Waals surface area (Å²) >= 11 is 0. The number of amides is 2. The van der Waals surface area contributed by atoms with E-state index in [2.05, 4.69) is 15.6 Å². The van der Waals surface area contributed by atoms with Gasteiger partial charge in [-0.25, -0.2) is 9.18 Å². The van der Waals surface area contributed by atoms with Crippen molar-refractivity contribution < 1.29 is 23.9 Å². The molecule has 0 saturated carbocycles. The second kappa shape index (κ2) is 13.6. The van der Waals surface area contributed by atoms with Gasteiger partial charge in [-0.05, 0) is 69.0 Å². The van der Waals surface area contributed by atoms with E-state index in [-0.39, 0.29) is 12.8 Å². The van der Waals surface area contributed by atoms with Crippen molar-refractivity contribution in [2.45, 2.75) is 63.1 Å². The van der Waals surface area contributed by atoms with Crippen LogP contribution in [0.1, 0.15) is 44.1 Å². The van der Waals surface area contributed by atoms with Crippen LogP contribution in [0.5, 0.6) is 0 Å². The molecular formula is C23H35FN6O4. The third-order valence-electron chi connectivity index (χ3n) is 5.65. The van der Waals surface area contributed by atoms with Crippen molar-refractivity contribution in [1.82, 2.24) is 15.6 Å². The summed E-state index contributed by atoms with van der Waals surface area (Å²) in [5, 5.41) is 15.2. The summed E-state index contributed by atoms with van der Waals surface area (Å²) in [5.74, 6) is -2.80. The Kier molecular flexibility index (Phi) is 10.9. The number of benzene rings is 1. The van der Waals surface area contributed by atoms with Crippen molar-refractivity contribution in [3.63, 3.8) is 0 Å². The lowest BCUT2D eigenvalue weighted by atomic mass is 10.0. The van der Waals surface area contributed by atoms with Crippen molar-refractivity contribution in [3.05, 3.63) is 35.8 Å². The molecule has 3 unspecified atom stereocenters. The van der Waals surface area contributed by atoms with Gasteiger partial charge in [0, 0.05) is 23.5 Å². The third kappa shape index (κ3) is 8.08. The number of nitrogens with two attached hydrogens (primary N) is 3. The second-order valence-electron chi connectivity index (χ2n) is 8.34. The van der Waals surface area contributed by atoms with E-state index < -0.39 is 41.7 Å². The first-order chi connectivity index (χ1) is 16.3. The van der Waals surface area contributed by atoms with E-state index in [0.717, 1.165) is 6.42 Å². The SMILES string of the molecule is NCCCCC(N)C(=O)NC(Cc1c[nH]c2ccc(F)cc12)C(=O)NC(CCCCN)C(=O)O. The number of rotatable bonds is 15. The summed E-state index contributed by atoms with van der Waals surface area (Å²) in [6, 6.07) is 1.15. The standard InChI is InChI=1S/C23H35FN6O4/c24-15-7-8-18-16(12-15)14(13-28-18)11-20(30-21(31)17(27)5-1-3-9-25)22(32)29-19(23(33)34)6-2-4-10-26/h7-8,12-13,17,19-20,28H,1-6,9-11,25-27H2,(H,29,32)(H,30,31)(H,33,34). The molecule has 1 aromatic carbocycles. The monoisotopic (exact) mass is 478 g/mol. The van der Waals surface area contributed by atoms with E-state index in [1.54, 1.807) is 12.3 Å². The van der Waals surface area contributed by atoms with Gasteiger partial charge >= 0.3 is 5.97 Å². The summed E-state index contributed by atoms with van der Waals surface area (Å²) in [7, 11) is 0. The van der Waals surface area contributed by atoms with E-state index in [9.17, 15) is 23.9 Å². The van der Waals surface area contributed by atoms with Gasteiger partial charge in [-0.15, -0.1) is 0 Å². The number of carbonyl (C=O) groups excluding carboxylic acids is 2. The Labute approximate surface area is 197 Å². The molecule has 0 radical (unpaired) electrons. The number of unbranched alkanes of at least 4 members (excludes halogenated alkanes) is 2. The number of aliphatic carboxylic acids is 1. The van der Waals surface area contributed by atoms with Crippen LogP contribution in [-0.2, 0) is 20.8 Å². The van der Waals surface area contributed by atoms with Gasteiger partial charge in [-0.2, -0.15) is 0 Å². The highest BCUT2D eigenvalue weighted by atomic mass is 19.1. The van der Waals surface area contributed by atoms with Crippen molar-refractivity contribution in [1.29, 1.82) is 0 Å². The Balaban J connectivity index is 2.21. The van der Waals surface area contributed by atoms with E-state index >= 15 is 0 Å². The van der Waals surface area contributed by atoms with Gasteiger partial charge in [0.2, 0.25) is 11.8 Å². The number of aromatic amines is 1. The highest BCUT2D eigenvalue weighted by Crippen LogP contribution is 2.21. The molecule has 2 amide bonds.